The summed E-state index contributed by atoms with van der Waals surface area (Å²) in [5.41, 5.74) is 0.396. The second kappa shape index (κ2) is 3.90. The number of rotatable bonds is 1. The highest BCUT2D eigenvalue weighted by Crippen LogP contribution is 2.19. The molecular formula is C10H10FN3O2. The quantitative estimate of drug-likeness (QED) is 0.567. The SMILES string of the molecule is NN1C(=O)CCN(c2cccc(F)c2)C1=O. The van der Waals surface area contributed by atoms with Gasteiger partial charge in [0, 0.05) is 18.7 Å². The summed E-state index contributed by atoms with van der Waals surface area (Å²) < 4.78 is 13.0. The smallest absolute Gasteiger partial charge is 0.292 e. The van der Waals surface area contributed by atoms with Crippen molar-refractivity contribution in [3.05, 3.63) is 30.1 Å². The Bertz CT molecular complexity index is 449. The molecule has 0 unspecified atom stereocenters. The molecule has 1 aromatic carbocycles. The summed E-state index contributed by atoms with van der Waals surface area (Å²) in [5.74, 6) is 4.41. The van der Waals surface area contributed by atoms with Crippen molar-refractivity contribution in [3.8, 4) is 0 Å². The van der Waals surface area contributed by atoms with E-state index in [4.69, 9.17) is 5.84 Å². The highest BCUT2D eigenvalue weighted by Gasteiger charge is 2.30. The van der Waals surface area contributed by atoms with E-state index in [9.17, 15) is 14.0 Å². The van der Waals surface area contributed by atoms with Crippen LogP contribution < -0.4 is 10.7 Å². The van der Waals surface area contributed by atoms with E-state index < -0.39 is 17.8 Å². The van der Waals surface area contributed by atoms with Crippen molar-refractivity contribution < 1.29 is 14.0 Å². The Hall–Kier alpha value is -1.95. The molecule has 2 rings (SSSR count). The van der Waals surface area contributed by atoms with Gasteiger partial charge in [0.1, 0.15) is 5.82 Å². The summed E-state index contributed by atoms with van der Waals surface area (Å²) >= 11 is 0. The van der Waals surface area contributed by atoms with Crippen LogP contribution in [0.5, 0.6) is 0 Å². The summed E-state index contributed by atoms with van der Waals surface area (Å²) in [6.07, 6.45) is 0.138. The monoisotopic (exact) mass is 223 g/mol. The van der Waals surface area contributed by atoms with Gasteiger partial charge in [0.25, 0.3) is 0 Å². The molecule has 1 heterocycles. The standard InChI is InChI=1S/C10H10FN3O2/c11-7-2-1-3-8(6-7)13-5-4-9(15)14(12)10(13)16/h1-3,6H,4-5,12H2. The molecule has 1 fully saturated rings. The first-order valence-electron chi connectivity index (χ1n) is 4.74. The number of halogens is 1. The van der Waals surface area contributed by atoms with Crippen LogP contribution in [0.1, 0.15) is 6.42 Å². The molecule has 0 aromatic heterocycles. The number of anilines is 1. The van der Waals surface area contributed by atoms with Crippen LogP contribution in [0.4, 0.5) is 14.9 Å². The van der Waals surface area contributed by atoms with Crippen LogP contribution in [0.15, 0.2) is 24.3 Å². The maximum absolute atomic E-state index is 13.0. The normalized spacial score (nSPS) is 16.9. The number of carbonyl (C=O) groups is 2. The van der Waals surface area contributed by atoms with Crippen molar-refractivity contribution in [3.63, 3.8) is 0 Å². The van der Waals surface area contributed by atoms with Crippen molar-refractivity contribution >= 4 is 17.6 Å². The molecule has 1 saturated heterocycles. The predicted molar refractivity (Wildman–Crippen MR) is 54.8 cm³/mol. The molecule has 0 spiro atoms. The van der Waals surface area contributed by atoms with Crippen molar-refractivity contribution in [2.45, 2.75) is 6.42 Å². The van der Waals surface area contributed by atoms with E-state index in [0.717, 1.165) is 0 Å². The van der Waals surface area contributed by atoms with Gasteiger partial charge in [-0.1, -0.05) is 6.07 Å². The second-order valence-corrected chi connectivity index (χ2v) is 3.43. The average Bonchev–Trinajstić information content (AvgIpc) is 2.26. The topological polar surface area (TPSA) is 66.6 Å². The van der Waals surface area contributed by atoms with Crippen molar-refractivity contribution in [2.24, 2.45) is 5.84 Å². The number of urea groups is 1. The number of hydrazine groups is 1. The molecule has 5 nitrogen and oxygen atoms in total. The Morgan fingerprint density at radius 2 is 2.06 bits per heavy atom. The Morgan fingerprint density at radius 1 is 1.31 bits per heavy atom. The van der Waals surface area contributed by atoms with E-state index in [1.165, 1.54) is 23.1 Å². The molecule has 3 amide bonds. The van der Waals surface area contributed by atoms with Gasteiger partial charge in [-0.3, -0.25) is 9.69 Å². The van der Waals surface area contributed by atoms with Crippen LogP contribution in [0.25, 0.3) is 0 Å². The first-order valence-corrected chi connectivity index (χ1v) is 4.74. The lowest BCUT2D eigenvalue weighted by molar-refractivity contribution is -0.129. The van der Waals surface area contributed by atoms with Gasteiger partial charge in [-0.15, -0.1) is 0 Å². The second-order valence-electron chi connectivity index (χ2n) is 3.43. The molecule has 0 bridgehead atoms. The van der Waals surface area contributed by atoms with Crippen LogP contribution >= 0.6 is 0 Å². The van der Waals surface area contributed by atoms with Crippen molar-refractivity contribution in [1.29, 1.82) is 0 Å². The fraction of sp³-hybridized carbons (Fsp3) is 0.200. The number of amides is 3. The van der Waals surface area contributed by atoms with Crippen LogP contribution in [-0.2, 0) is 4.79 Å². The zero-order valence-electron chi connectivity index (χ0n) is 8.39. The van der Waals surface area contributed by atoms with Gasteiger partial charge in [0.15, 0.2) is 0 Å². The Morgan fingerprint density at radius 3 is 2.75 bits per heavy atom. The maximum atomic E-state index is 13.0. The van der Waals surface area contributed by atoms with E-state index >= 15 is 0 Å². The summed E-state index contributed by atoms with van der Waals surface area (Å²) in [6.45, 7) is 0.217. The molecule has 0 atom stereocenters. The fourth-order valence-corrected chi connectivity index (χ4v) is 1.54. The molecular weight excluding hydrogens is 213 g/mol. The lowest BCUT2D eigenvalue weighted by Gasteiger charge is -2.31. The Balaban J connectivity index is 2.28. The zero-order valence-corrected chi connectivity index (χ0v) is 8.39. The number of imide groups is 1. The van der Waals surface area contributed by atoms with E-state index in [2.05, 4.69) is 0 Å². The molecule has 2 N–H and O–H groups in total. The van der Waals surface area contributed by atoms with E-state index in [-0.39, 0.29) is 13.0 Å². The van der Waals surface area contributed by atoms with Crippen LogP contribution in [0, 0.1) is 5.82 Å². The van der Waals surface area contributed by atoms with Gasteiger partial charge < -0.3 is 0 Å². The average molecular weight is 223 g/mol. The predicted octanol–water partition coefficient (Wildman–Crippen LogP) is 0.858. The summed E-state index contributed by atoms with van der Waals surface area (Å²) in [7, 11) is 0. The highest BCUT2D eigenvalue weighted by molar-refractivity contribution is 6.04. The number of hydrogen-bond donors (Lipinski definition) is 1. The molecule has 0 radical (unpaired) electrons. The first kappa shape index (κ1) is 10.6. The van der Waals surface area contributed by atoms with Gasteiger partial charge in [-0.25, -0.2) is 15.0 Å². The molecule has 1 aliphatic rings. The minimum absolute atomic E-state index is 0.138. The lowest BCUT2D eigenvalue weighted by atomic mass is 10.2. The maximum Gasteiger partial charge on any atom is 0.345 e. The molecule has 16 heavy (non-hydrogen) atoms. The van der Waals surface area contributed by atoms with Gasteiger partial charge in [0.05, 0.1) is 0 Å². The van der Waals surface area contributed by atoms with E-state index in [0.29, 0.717) is 10.7 Å². The van der Waals surface area contributed by atoms with Gasteiger partial charge in [-0.05, 0) is 18.2 Å². The number of nitrogens with zero attached hydrogens (tertiary/aromatic N) is 2. The number of carbonyl (C=O) groups excluding carboxylic acids is 2. The molecule has 1 aliphatic heterocycles. The van der Waals surface area contributed by atoms with Crippen LogP contribution in [0.3, 0.4) is 0 Å². The molecule has 84 valence electrons. The summed E-state index contributed by atoms with van der Waals surface area (Å²) in [6, 6.07) is 4.95. The molecule has 0 aliphatic carbocycles. The Labute approximate surface area is 91.2 Å². The molecule has 1 aromatic rings. The van der Waals surface area contributed by atoms with Crippen LogP contribution in [-0.4, -0.2) is 23.5 Å². The van der Waals surface area contributed by atoms with Gasteiger partial charge >= 0.3 is 6.03 Å². The third kappa shape index (κ3) is 1.74. The number of hydrogen-bond acceptors (Lipinski definition) is 3. The van der Waals surface area contributed by atoms with E-state index in [1.807, 2.05) is 0 Å². The summed E-state index contributed by atoms with van der Waals surface area (Å²) in [4.78, 5) is 24.0. The van der Waals surface area contributed by atoms with Gasteiger partial charge in [-0.2, -0.15) is 5.01 Å². The van der Waals surface area contributed by atoms with Crippen molar-refractivity contribution in [1.82, 2.24) is 5.01 Å². The minimum atomic E-state index is -0.637. The minimum Gasteiger partial charge on any atom is -0.292 e. The zero-order chi connectivity index (χ0) is 11.7. The van der Waals surface area contributed by atoms with Crippen LogP contribution in [0.2, 0.25) is 0 Å². The highest BCUT2D eigenvalue weighted by atomic mass is 19.1. The summed E-state index contributed by atoms with van der Waals surface area (Å²) in [5, 5.41) is 0.550. The third-order valence-corrected chi connectivity index (χ3v) is 2.37. The number of benzene rings is 1. The first-order chi connectivity index (χ1) is 7.59. The van der Waals surface area contributed by atoms with E-state index in [1.54, 1.807) is 6.07 Å². The third-order valence-electron chi connectivity index (χ3n) is 2.37. The number of nitrogens with two attached hydrogens (primary N) is 1. The van der Waals surface area contributed by atoms with Gasteiger partial charge in [0.2, 0.25) is 5.91 Å². The van der Waals surface area contributed by atoms with Crippen molar-refractivity contribution in [2.75, 3.05) is 11.4 Å². The lowest BCUT2D eigenvalue weighted by Crippen LogP contribution is -2.55. The Kier molecular flexibility index (Phi) is 2.57. The largest absolute Gasteiger partial charge is 0.345 e. The molecule has 6 heteroatoms. The fourth-order valence-electron chi connectivity index (χ4n) is 1.54. The molecule has 0 saturated carbocycles.